The molecule has 1 aromatic carbocycles. The number of hydrogen-bond acceptors (Lipinski definition) is 4. The van der Waals surface area contributed by atoms with Gasteiger partial charge in [-0.3, -0.25) is 0 Å². The topological polar surface area (TPSA) is 63.4 Å². The van der Waals surface area contributed by atoms with Crippen LogP contribution in [0, 0.1) is 5.92 Å². The standard InChI is InChI=1S/C15H24N2O2S2/c1-4-17(11-12(2)3)8-9-21(18,19)14-7-5-6-13(10-14)15(16)20/h5-7,10,12H,4,8-9,11H2,1-3H3,(H2,16,20). The lowest BCUT2D eigenvalue weighted by Gasteiger charge is -2.22. The molecular formula is C15H24N2O2S2. The first-order valence-electron chi connectivity index (χ1n) is 7.11. The number of nitrogens with zero attached hydrogens (tertiary/aromatic N) is 1. The van der Waals surface area contributed by atoms with Gasteiger partial charge >= 0.3 is 0 Å². The third kappa shape index (κ3) is 5.73. The molecule has 1 rings (SSSR count). The SMILES string of the molecule is CCN(CCS(=O)(=O)c1cccc(C(N)=S)c1)CC(C)C. The maximum absolute atomic E-state index is 12.4. The van der Waals surface area contributed by atoms with Crippen LogP contribution < -0.4 is 5.73 Å². The van der Waals surface area contributed by atoms with E-state index in [9.17, 15) is 8.42 Å². The summed E-state index contributed by atoms with van der Waals surface area (Å²) in [5, 5.41) is 0. The second-order valence-corrected chi connectivity index (χ2v) is 8.05. The highest BCUT2D eigenvalue weighted by Crippen LogP contribution is 2.14. The molecule has 0 bridgehead atoms. The van der Waals surface area contributed by atoms with Gasteiger partial charge in [-0.25, -0.2) is 8.42 Å². The van der Waals surface area contributed by atoms with Crippen molar-refractivity contribution >= 4 is 27.0 Å². The lowest BCUT2D eigenvalue weighted by molar-refractivity contribution is 0.270. The molecule has 118 valence electrons. The Balaban J connectivity index is 2.82. The van der Waals surface area contributed by atoms with Crippen molar-refractivity contribution < 1.29 is 8.42 Å². The van der Waals surface area contributed by atoms with Crippen LogP contribution in [0.1, 0.15) is 26.3 Å². The van der Waals surface area contributed by atoms with Gasteiger partial charge in [-0.2, -0.15) is 0 Å². The molecular weight excluding hydrogens is 304 g/mol. The van der Waals surface area contributed by atoms with E-state index in [4.69, 9.17) is 18.0 Å². The number of benzene rings is 1. The maximum Gasteiger partial charge on any atom is 0.179 e. The number of hydrogen-bond donors (Lipinski definition) is 1. The predicted octanol–water partition coefficient (Wildman–Crippen LogP) is 2.07. The van der Waals surface area contributed by atoms with Gasteiger partial charge in [0.15, 0.2) is 9.84 Å². The summed E-state index contributed by atoms with van der Waals surface area (Å²) in [6.07, 6.45) is 0. The van der Waals surface area contributed by atoms with Crippen LogP contribution in [0.25, 0.3) is 0 Å². The highest BCUT2D eigenvalue weighted by Gasteiger charge is 2.17. The summed E-state index contributed by atoms with van der Waals surface area (Å²) in [5.41, 5.74) is 6.14. The minimum Gasteiger partial charge on any atom is -0.389 e. The van der Waals surface area contributed by atoms with Gasteiger partial charge in [0.25, 0.3) is 0 Å². The van der Waals surface area contributed by atoms with Crippen molar-refractivity contribution in [3.63, 3.8) is 0 Å². The Hall–Kier alpha value is -0.980. The van der Waals surface area contributed by atoms with Crippen LogP contribution in [-0.2, 0) is 9.84 Å². The van der Waals surface area contributed by atoms with Crippen molar-refractivity contribution in [2.45, 2.75) is 25.7 Å². The Morgan fingerprint density at radius 3 is 2.57 bits per heavy atom. The number of rotatable bonds is 8. The van der Waals surface area contributed by atoms with Gasteiger partial charge in [-0.1, -0.05) is 45.1 Å². The van der Waals surface area contributed by atoms with E-state index in [2.05, 4.69) is 18.7 Å². The number of nitrogens with two attached hydrogens (primary N) is 1. The molecule has 0 heterocycles. The molecule has 0 aliphatic carbocycles. The second kappa shape index (κ2) is 7.87. The van der Waals surface area contributed by atoms with Gasteiger partial charge in [0.05, 0.1) is 10.6 Å². The molecule has 0 fully saturated rings. The summed E-state index contributed by atoms with van der Waals surface area (Å²) in [5.74, 6) is 0.625. The molecule has 0 atom stereocenters. The lowest BCUT2D eigenvalue weighted by Crippen LogP contribution is -2.32. The Bertz CT molecular complexity index is 583. The molecule has 0 radical (unpaired) electrons. The normalized spacial score (nSPS) is 12.0. The summed E-state index contributed by atoms with van der Waals surface area (Å²) < 4.78 is 24.8. The molecule has 0 aliphatic heterocycles. The first-order chi connectivity index (χ1) is 9.76. The average molecular weight is 329 g/mol. The molecule has 2 N–H and O–H groups in total. The first-order valence-corrected chi connectivity index (χ1v) is 9.17. The summed E-state index contributed by atoms with van der Waals surface area (Å²) in [4.78, 5) is 2.65. The first kappa shape index (κ1) is 18.1. The molecule has 4 nitrogen and oxygen atoms in total. The zero-order valence-corrected chi connectivity index (χ0v) is 14.5. The summed E-state index contributed by atoms with van der Waals surface area (Å²) in [7, 11) is -3.31. The van der Waals surface area contributed by atoms with Crippen LogP contribution in [0.4, 0.5) is 0 Å². The van der Waals surface area contributed by atoms with E-state index in [0.29, 0.717) is 18.0 Å². The summed E-state index contributed by atoms with van der Waals surface area (Å²) in [6.45, 7) is 8.59. The highest BCUT2D eigenvalue weighted by molar-refractivity contribution is 7.91. The van der Waals surface area contributed by atoms with Gasteiger partial charge in [0.2, 0.25) is 0 Å². The van der Waals surface area contributed by atoms with E-state index < -0.39 is 9.84 Å². The molecule has 0 unspecified atom stereocenters. The summed E-state index contributed by atoms with van der Waals surface area (Å²) >= 11 is 4.89. The molecule has 0 saturated heterocycles. The van der Waals surface area contributed by atoms with Crippen LogP contribution in [-0.4, -0.2) is 43.7 Å². The molecule has 0 saturated carbocycles. The van der Waals surface area contributed by atoms with Crippen LogP contribution in [0.3, 0.4) is 0 Å². The van der Waals surface area contributed by atoms with Gasteiger partial charge in [-0.15, -0.1) is 0 Å². The highest BCUT2D eigenvalue weighted by atomic mass is 32.2. The molecule has 6 heteroatoms. The van der Waals surface area contributed by atoms with Crippen molar-refractivity contribution in [3.8, 4) is 0 Å². The zero-order valence-electron chi connectivity index (χ0n) is 12.9. The molecule has 0 aromatic heterocycles. The number of sulfone groups is 1. The predicted molar refractivity (Wildman–Crippen MR) is 91.3 cm³/mol. The van der Waals surface area contributed by atoms with Crippen molar-refractivity contribution in [1.82, 2.24) is 4.90 Å². The monoisotopic (exact) mass is 328 g/mol. The Labute approximate surface area is 133 Å². The van der Waals surface area contributed by atoms with Crippen molar-refractivity contribution in [2.24, 2.45) is 11.7 Å². The van der Waals surface area contributed by atoms with E-state index in [-0.39, 0.29) is 15.6 Å². The lowest BCUT2D eigenvalue weighted by atomic mass is 10.2. The fourth-order valence-electron chi connectivity index (χ4n) is 2.10. The van der Waals surface area contributed by atoms with Crippen LogP contribution in [0.5, 0.6) is 0 Å². The van der Waals surface area contributed by atoms with E-state index in [0.717, 1.165) is 13.1 Å². The van der Waals surface area contributed by atoms with Gasteiger partial charge in [0.1, 0.15) is 4.99 Å². The Morgan fingerprint density at radius 2 is 2.05 bits per heavy atom. The fourth-order valence-corrected chi connectivity index (χ4v) is 3.56. The van der Waals surface area contributed by atoms with Crippen LogP contribution in [0.15, 0.2) is 29.2 Å². The van der Waals surface area contributed by atoms with E-state index in [1.54, 1.807) is 24.3 Å². The third-order valence-electron chi connectivity index (χ3n) is 3.22. The molecule has 0 spiro atoms. The smallest absolute Gasteiger partial charge is 0.179 e. The van der Waals surface area contributed by atoms with Crippen molar-refractivity contribution in [1.29, 1.82) is 0 Å². The maximum atomic E-state index is 12.4. The van der Waals surface area contributed by atoms with Crippen molar-refractivity contribution in [2.75, 3.05) is 25.4 Å². The van der Waals surface area contributed by atoms with E-state index >= 15 is 0 Å². The molecule has 1 aromatic rings. The number of thiocarbonyl (C=S) groups is 1. The Morgan fingerprint density at radius 1 is 1.38 bits per heavy atom. The quantitative estimate of drug-likeness (QED) is 0.740. The fraction of sp³-hybridized carbons (Fsp3) is 0.533. The zero-order chi connectivity index (χ0) is 16.0. The molecule has 0 aliphatic rings. The Kier molecular flexibility index (Phi) is 6.77. The molecule has 21 heavy (non-hydrogen) atoms. The van der Waals surface area contributed by atoms with Crippen LogP contribution in [0.2, 0.25) is 0 Å². The second-order valence-electron chi connectivity index (χ2n) is 5.50. The van der Waals surface area contributed by atoms with Crippen molar-refractivity contribution in [3.05, 3.63) is 29.8 Å². The minimum absolute atomic E-state index is 0.106. The van der Waals surface area contributed by atoms with Gasteiger partial charge in [-0.05, 0) is 24.6 Å². The molecule has 0 amide bonds. The third-order valence-corrected chi connectivity index (χ3v) is 5.15. The summed E-state index contributed by atoms with van der Waals surface area (Å²) in [6, 6.07) is 6.54. The van der Waals surface area contributed by atoms with Crippen LogP contribution >= 0.6 is 12.2 Å². The van der Waals surface area contributed by atoms with E-state index in [1.807, 2.05) is 6.92 Å². The average Bonchev–Trinajstić information content (AvgIpc) is 2.43. The van der Waals surface area contributed by atoms with Gasteiger partial charge < -0.3 is 10.6 Å². The minimum atomic E-state index is -3.31. The van der Waals surface area contributed by atoms with Gasteiger partial charge in [0, 0.05) is 18.7 Å². The largest absolute Gasteiger partial charge is 0.389 e. The van der Waals surface area contributed by atoms with E-state index in [1.165, 1.54) is 0 Å².